The van der Waals surface area contributed by atoms with Gasteiger partial charge in [0.1, 0.15) is 17.8 Å². The van der Waals surface area contributed by atoms with Crippen LogP contribution in [0.15, 0.2) is 30.9 Å². The molecule has 9 heteroatoms. The maximum Gasteiger partial charge on any atom is 0.274 e. The van der Waals surface area contributed by atoms with E-state index in [0.29, 0.717) is 17.5 Å². The van der Waals surface area contributed by atoms with Crippen molar-refractivity contribution in [3.63, 3.8) is 0 Å². The van der Waals surface area contributed by atoms with Crippen LogP contribution in [0.2, 0.25) is 0 Å². The molecule has 2 fully saturated rings. The summed E-state index contributed by atoms with van der Waals surface area (Å²) in [6.07, 6.45) is 4.81. The van der Waals surface area contributed by atoms with Crippen molar-refractivity contribution in [2.24, 2.45) is 11.8 Å². The molecule has 2 saturated heterocycles. The predicted molar refractivity (Wildman–Crippen MR) is 110 cm³/mol. The van der Waals surface area contributed by atoms with Gasteiger partial charge in [0.15, 0.2) is 5.82 Å². The maximum absolute atomic E-state index is 12.8. The van der Waals surface area contributed by atoms with Crippen molar-refractivity contribution in [2.75, 3.05) is 31.1 Å². The van der Waals surface area contributed by atoms with Gasteiger partial charge in [-0.15, -0.1) is 0 Å². The van der Waals surface area contributed by atoms with Crippen molar-refractivity contribution in [3.05, 3.63) is 53.6 Å². The Morgan fingerprint density at radius 3 is 2.23 bits per heavy atom. The van der Waals surface area contributed by atoms with Gasteiger partial charge in [-0.1, -0.05) is 0 Å². The minimum atomic E-state index is -0.0303. The SMILES string of the molecule is Cc1cnc(C(=O)N2CC3CN(c4cc(-n5nc(C)cc5C)ncn4)CC3C2)cn1. The van der Waals surface area contributed by atoms with Crippen LogP contribution in [0.1, 0.15) is 27.6 Å². The Balaban J connectivity index is 1.28. The fourth-order valence-electron chi connectivity index (χ4n) is 4.50. The molecule has 2 aliphatic heterocycles. The summed E-state index contributed by atoms with van der Waals surface area (Å²) in [5, 5.41) is 4.52. The van der Waals surface area contributed by atoms with Crippen LogP contribution in [-0.4, -0.2) is 66.7 Å². The molecule has 30 heavy (non-hydrogen) atoms. The van der Waals surface area contributed by atoms with E-state index in [1.165, 1.54) is 0 Å². The Morgan fingerprint density at radius 2 is 1.60 bits per heavy atom. The molecule has 1 amide bonds. The van der Waals surface area contributed by atoms with E-state index < -0.39 is 0 Å². The van der Waals surface area contributed by atoms with E-state index in [1.54, 1.807) is 18.7 Å². The Kier molecular flexibility index (Phi) is 4.45. The van der Waals surface area contributed by atoms with Crippen molar-refractivity contribution in [3.8, 4) is 5.82 Å². The highest BCUT2D eigenvalue weighted by Gasteiger charge is 2.42. The van der Waals surface area contributed by atoms with E-state index in [-0.39, 0.29) is 5.91 Å². The molecule has 0 radical (unpaired) electrons. The molecule has 0 saturated carbocycles. The molecule has 0 aromatic carbocycles. The smallest absolute Gasteiger partial charge is 0.274 e. The summed E-state index contributed by atoms with van der Waals surface area (Å²) in [4.78, 5) is 34.3. The summed E-state index contributed by atoms with van der Waals surface area (Å²) in [6.45, 7) is 9.09. The largest absolute Gasteiger partial charge is 0.356 e. The Hall–Kier alpha value is -3.36. The minimum Gasteiger partial charge on any atom is -0.356 e. The van der Waals surface area contributed by atoms with Crippen molar-refractivity contribution in [1.82, 2.24) is 34.6 Å². The second-order valence-electron chi connectivity index (χ2n) is 8.25. The van der Waals surface area contributed by atoms with Crippen molar-refractivity contribution >= 4 is 11.7 Å². The van der Waals surface area contributed by atoms with Crippen molar-refractivity contribution in [1.29, 1.82) is 0 Å². The Labute approximate surface area is 174 Å². The van der Waals surface area contributed by atoms with Crippen molar-refractivity contribution < 1.29 is 4.79 Å². The lowest BCUT2D eigenvalue weighted by Gasteiger charge is -2.22. The molecule has 0 N–H and O–H groups in total. The molecule has 3 aromatic rings. The lowest BCUT2D eigenvalue weighted by molar-refractivity contribution is 0.0776. The first kappa shape index (κ1) is 18.7. The van der Waals surface area contributed by atoms with Gasteiger partial charge in [-0.05, 0) is 26.8 Å². The van der Waals surface area contributed by atoms with Gasteiger partial charge in [-0.3, -0.25) is 9.78 Å². The fraction of sp³-hybridized carbons (Fsp3) is 0.429. The molecule has 2 atom stereocenters. The summed E-state index contributed by atoms with van der Waals surface area (Å²) in [7, 11) is 0. The van der Waals surface area contributed by atoms with Crippen LogP contribution in [0.25, 0.3) is 5.82 Å². The number of carbonyl (C=O) groups is 1. The second kappa shape index (κ2) is 7.16. The number of rotatable bonds is 3. The monoisotopic (exact) mass is 404 g/mol. The van der Waals surface area contributed by atoms with Gasteiger partial charge in [0.2, 0.25) is 0 Å². The standard InChI is InChI=1S/C21H24N8O/c1-13-4-15(3)29(26-13)20-5-19(24-12-25-20)27-8-16-10-28(11-17(16)9-27)21(30)18-7-22-14(2)6-23-18/h4-7,12,16-17H,8-11H2,1-3H3. The lowest BCUT2D eigenvalue weighted by Crippen LogP contribution is -2.34. The normalized spacial score (nSPS) is 20.6. The van der Waals surface area contributed by atoms with Crippen LogP contribution >= 0.6 is 0 Å². The van der Waals surface area contributed by atoms with Crippen LogP contribution in [0.4, 0.5) is 5.82 Å². The Morgan fingerprint density at radius 1 is 0.867 bits per heavy atom. The third kappa shape index (κ3) is 3.30. The molecule has 0 aliphatic carbocycles. The van der Waals surface area contributed by atoms with E-state index in [4.69, 9.17) is 0 Å². The quantitative estimate of drug-likeness (QED) is 0.654. The molecule has 9 nitrogen and oxygen atoms in total. The number of anilines is 1. The maximum atomic E-state index is 12.8. The first-order chi connectivity index (χ1) is 14.5. The summed E-state index contributed by atoms with van der Waals surface area (Å²) >= 11 is 0. The first-order valence-electron chi connectivity index (χ1n) is 10.2. The number of nitrogens with zero attached hydrogens (tertiary/aromatic N) is 8. The average Bonchev–Trinajstić information content (AvgIpc) is 3.41. The topological polar surface area (TPSA) is 92.9 Å². The van der Waals surface area contributed by atoms with Gasteiger partial charge in [-0.25, -0.2) is 19.6 Å². The zero-order valence-electron chi connectivity index (χ0n) is 17.4. The van der Waals surface area contributed by atoms with Crippen LogP contribution < -0.4 is 4.90 Å². The van der Waals surface area contributed by atoms with Crippen molar-refractivity contribution in [2.45, 2.75) is 20.8 Å². The van der Waals surface area contributed by atoms with Gasteiger partial charge in [0.05, 0.1) is 17.6 Å². The van der Waals surface area contributed by atoms with Gasteiger partial charge in [0.25, 0.3) is 5.91 Å². The molecule has 0 bridgehead atoms. The molecule has 5 heterocycles. The van der Waals surface area contributed by atoms with Crippen LogP contribution in [-0.2, 0) is 0 Å². The van der Waals surface area contributed by atoms with E-state index in [9.17, 15) is 4.79 Å². The highest BCUT2D eigenvalue weighted by molar-refractivity contribution is 5.92. The van der Waals surface area contributed by atoms with Crippen LogP contribution in [0.5, 0.6) is 0 Å². The number of aryl methyl sites for hydroxylation is 3. The van der Waals surface area contributed by atoms with E-state index in [1.807, 2.05) is 42.5 Å². The summed E-state index contributed by atoms with van der Waals surface area (Å²) in [6, 6.07) is 4.03. The Bertz CT molecular complexity index is 1080. The molecule has 2 aliphatic rings. The summed E-state index contributed by atoms with van der Waals surface area (Å²) in [5.41, 5.74) is 3.24. The third-order valence-electron chi connectivity index (χ3n) is 5.96. The molecular formula is C21H24N8O. The van der Waals surface area contributed by atoms with Crippen LogP contribution in [0, 0.1) is 32.6 Å². The fourth-order valence-corrected chi connectivity index (χ4v) is 4.50. The third-order valence-corrected chi connectivity index (χ3v) is 5.96. The molecular weight excluding hydrogens is 380 g/mol. The van der Waals surface area contributed by atoms with Gasteiger partial charge in [-0.2, -0.15) is 5.10 Å². The number of amides is 1. The summed E-state index contributed by atoms with van der Waals surface area (Å²) < 4.78 is 1.85. The molecule has 5 rings (SSSR count). The molecule has 0 spiro atoms. The van der Waals surface area contributed by atoms with Gasteiger partial charge in [0, 0.05) is 56.0 Å². The average molecular weight is 404 g/mol. The van der Waals surface area contributed by atoms with Gasteiger partial charge < -0.3 is 9.80 Å². The van der Waals surface area contributed by atoms with E-state index >= 15 is 0 Å². The molecule has 3 aromatic heterocycles. The number of hydrogen-bond acceptors (Lipinski definition) is 7. The van der Waals surface area contributed by atoms with E-state index in [0.717, 1.165) is 54.9 Å². The number of hydrogen-bond donors (Lipinski definition) is 0. The zero-order chi connectivity index (χ0) is 20.8. The minimum absolute atomic E-state index is 0.0303. The number of likely N-dealkylation sites (tertiary alicyclic amines) is 1. The lowest BCUT2D eigenvalue weighted by atomic mass is 10.0. The number of carbonyl (C=O) groups excluding carboxylic acids is 1. The highest BCUT2D eigenvalue weighted by Crippen LogP contribution is 2.34. The summed E-state index contributed by atoms with van der Waals surface area (Å²) in [5.74, 6) is 2.51. The van der Waals surface area contributed by atoms with Gasteiger partial charge >= 0.3 is 0 Å². The highest BCUT2D eigenvalue weighted by atomic mass is 16.2. The predicted octanol–water partition coefficient (Wildman–Crippen LogP) is 1.59. The van der Waals surface area contributed by atoms with Crippen LogP contribution in [0.3, 0.4) is 0 Å². The number of fused-ring (bicyclic) bond motifs is 1. The number of aromatic nitrogens is 6. The first-order valence-corrected chi connectivity index (χ1v) is 10.2. The molecule has 2 unspecified atom stereocenters. The molecule has 154 valence electrons. The second-order valence-corrected chi connectivity index (χ2v) is 8.25. The van der Waals surface area contributed by atoms with E-state index in [2.05, 4.69) is 29.9 Å². The zero-order valence-corrected chi connectivity index (χ0v) is 17.4.